The Morgan fingerprint density at radius 1 is 1.79 bits per heavy atom. The van der Waals surface area contributed by atoms with Gasteiger partial charge in [-0.15, -0.1) is 0 Å². The number of hydrazone groups is 1. The summed E-state index contributed by atoms with van der Waals surface area (Å²) >= 11 is 0. The number of guanidine groups is 1. The van der Waals surface area contributed by atoms with Crippen LogP contribution in [0.4, 0.5) is 0 Å². The van der Waals surface area contributed by atoms with Gasteiger partial charge < -0.3 is 15.4 Å². The molecule has 0 aromatic carbocycles. The molecule has 7 nitrogen and oxygen atoms in total. The van der Waals surface area contributed by atoms with Crippen molar-refractivity contribution < 1.29 is 9.77 Å². The second-order valence-corrected chi connectivity index (χ2v) is 2.95. The van der Waals surface area contributed by atoms with Crippen LogP contribution in [0.5, 0.6) is 0 Å². The number of ether oxygens (including phenoxy) is 1. The Kier molecular flexibility index (Phi) is 4.11. The molecule has 0 radical (unpaired) electrons. The highest BCUT2D eigenvalue weighted by Gasteiger charge is 2.15. The fourth-order valence-electron chi connectivity index (χ4n) is 1.27. The SMILES string of the molecule is CN/C(=N/[N+](=O)[O-])NC[C@@H]1CCCO1. The normalized spacial score (nSPS) is 22.1. The molecule has 2 N–H and O–H groups in total. The van der Waals surface area contributed by atoms with Crippen LogP contribution >= 0.6 is 0 Å². The number of rotatable bonds is 3. The van der Waals surface area contributed by atoms with Gasteiger partial charge in [0.2, 0.25) is 0 Å². The topological polar surface area (TPSA) is 88.8 Å². The maximum absolute atomic E-state index is 10.1. The molecule has 0 aromatic heterocycles. The van der Waals surface area contributed by atoms with Crippen molar-refractivity contribution in [2.24, 2.45) is 5.10 Å². The van der Waals surface area contributed by atoms with Crippen molar-refractivity contribution in [2.45, 2.75) is 18.9 Å². The van der Waals surface area contributed by atoms with Crippen molar-refractivity contribution in [3.05, 3.63) is 10.1 Å². The van der Waals surface area contributed by atoms with Crippen LogP contribution in [-0.4, -0.2) is 37.3 Å². The Hall–Kier alpha value is -1.37. The molecule has 7 heteroatoms. The predicted octanol–water partition coefficient (Wildman–Crippen LogP) is -0.478. The minimum Gasteiger partial charge on any atom is -0.376 e. The zero-order valence-electron chi connectivity index (χ0n) is 8.02. The maximum atomic E-state index is 10.1. The third-order valence-electron chi connectivity index (χ3n) is 1.94. The third kappa shape index (κ3) is 3.56. The van der Waals surface area contributed by atoms with Crippen LogP contribution in [0.2, 0.25) is 0 Å². The fourth-order valence-corrected chi connectivity index (χ4v) is 1.27. The summed E-state index contributed by atoms with van der Waals surface area (Å²) in [6.45, 7) is 1.32. The standard InChI is InChI=1S/C7H14N4O3/c1-8-7(10-11(12)13)9-5-6-3-2-4-14-6/h6H,2-5H2,1H3,(H2,8,9,10)/t6-/m0/s1. The zero-order valence-corrected chi connectivity index (χ0v) is 8.02. The smallest absolute Gasteiger partial charge is 0.268 e. The van der Waals surface area contributed by atoms with Gasteiger partial charge in [-0.25, -0.2) is 10.1 Å². The lowest BCUT2D eigenvalue weighted by atomic mass is 10.2. The summed E-state index contributed by atoms with van der Waals surface area (Å²) in [4.78, 5) is 10.1. The Morgan fingerprint density at radius 2 is 2.57 bits per heavy atom. The van der Waals surface area contributed by atoms with Crippen molar-refractivity contribution in [3.8, 4) is 0 Å². The Labute approximate surface area is 81.7 Å². The summed E-state index contributed by atoms with van der Waals surface area (Å²) in [5.74, 6) is 0.158. The van der Waals surface area contributed by atoms with E-state index in [1.807, 2.05) is 0 Å². The van der Waals surface area contributed by atoms with E-state index in [-0.39, 0.29) is 12.1 Å². The van der Waals surface area contributed by atoms with Gasteiger partial charge in [-0.05, 0) is 12.8 Å². The number of nitrogens with one attached hydrogen (secondary N) is 2. The van der Waals surface area contributed by atoms with Crippen molar-refractivity contribution in [1.29, 1.82) is 0 Å². The largest absolute Gasteiger partial charge is 0.376 e. The molecule has 1 aliphatic heterocycles. The summed E-state index contributed by atoms with van der Waals surface area (Å²) < 4.78 is 5.34. The molecule has 1 fully saturated rings. The number of nitro groups is 1. The minimum absolute atomic E-state index is 0.139. The lowest BCUT2D eigenvalue weighted by Crippen LogP contribution is -2.39. The van der Waals surface area contributed by atoms with Gasteiger partial charge in [0.1, 0.15) is 5.10 Å². The third-order valence-corrected chi connectivity index (χ3v) is 1.94. The molecule has 0 aromatic rings. The van der Waals surface area contributed by atoms with Crippen molar-refractivity contribution in [1.82, 2.24) is 10.6 Å². The van der Waals surface area contributed by atoms with E-state index in [4.69, 9.17) is 4.74 Å². The monoisotopic (exact) mass is 202 g/mol. The zero-order chi connectivity index (χ0) is 10.4. The van der Waals surface area contributed by atoms with Crippen LogP contribution in [-0.2, 0) is 4.74 Å². The Morgan fingerprint density at radius 3 is 3.07 bits per heavy atom. The van der Waals surface area contributed by atoms with Crippen LogP contribution in [0, 0.1) is 10.1 Å². The fraction of sp³-hybridized carbons (Fsp3) is 0.857. The van der Waals surface area contributed by atoms with E-state index < -0.39 is 5.03 Å². The van der Waals surface area contributed by atoms with Gasteiger partial charge in [0.15, 0.2) is 5.03 Å². The molecule has 80 valence electrons. The van der Waals surface area contributed by atoms with E-state index in [0.717, 1.165) is 19.4 Å². The highest BCUT2D eigenvalue weighted by molar-refractivity contribution is 5.78. The van der Waals surface area contributed by atoms with Crippen LogP contribution in [0.25, 0.3) is 0 Å². The molecular formula is C7H14N4O3. The highest BCUT2D eigenvalue weighted by atomic mass is 16.7. The van der Waals surface area contributed by atoms with E-state index in [9.17, 15) is 10.1 Å². The molecule has 0 saturated carbocycles. The molecule has 0 bridgehead atoms. The summed E-state index contributed by atoms with van der Waals surface area (Å²) in [6, 6.07) is 0. The van der Waals surface area contributed by atoms with E-state index in [1.165, 1.54) is 0 Å². The van der Waals surface area contributed by atoms with Crippen molar-refractivity contribution >= 4 is 5.96 Å². The second-order valence-electron chi connectivity index (χ2n) is 2.95. The van der Waals surface area contributed by atoms with Crippen LogP contribution in [0.3, 0.4) is 0 Å². The molecule has 1 aliphatic rings. The van der Waals surface area contributed by atoms with Gasteiger partial charge in [0.25, 0.3) is 5.96 Å². The van der Waals surface area contributed by atoms with Crippen molar-refractivity contribution in [2.75, 3.05) is 20.2 Å². The first-order valence-electron chi connectivity index (χ1n) is 4.48. The van der Waals surface area contributed by atoms with E-state index in [0.29, 0.717) is 6.54 Å². The molecule has 1 heterocycles. The highest BCUT2D eigenvalue weighted by Crippen LogP contribution is 2.10. The first-order valence-corrected chi connectivity index (χ1v) is 4.48. The quantitative estimate of drug-likeness (QED) is 0.279. The number of nitrogens with zero attached hydrogens (tertiary/aromatic N) is 2. The van der Waals surface area contributed by atoms with Gasteiger partial charge in [-0.1, -0.05) is 0 Å². The molecule has 0 unspecified atom stereocenters. The van der Waals surface area contributed by atoms with Gasteiger partial charge >= 0.3 is 0 Å². The number of hydrogen-bond donors (Lipinski definition) is 2. The summed E-state index contributed by atoms with van der Waals surface area (Å²) in [5.41, 5.74) is 0. The van der Waals surface area contributed by atoms with Crippen molar-refractivity contribution in [3.63, 3.8) is 0 Å². The first-order chi connectivity index (χ1) is 6.72. The van der Waals surface area contributed by atoms with E-state index in [1.54, 1.807) is 7.05 Å². The lowest BCUT2D eigenvalue weighted by molar-refractivity contribution is -0.485. The molecule has 0 aliphatic carbocycles. The van der Waals surface area contributed by atoms with Gasteiger partial charge in [0.05, 0.1) is 6.10 Å². The van der Waals surface area contributed by atoms with Gasteiger partial charge in [-0.2, -0.15) is 0 Å². The molecular weight excluding hydrogens is 188 g/mol. The predicted molar refractivity (Wildman–Crippen MR) is 50.5 cm³/mol. The summed E-state index contributed by atoms with van der Waals surface area (Å²) in [7, 11) is 1.57. The Bertz CT molecular complexity index is 225. The average Bonchev–Trinajstić information content (AvgIpc) is 2.64. The van der Waals surface area contributed by atoms with E-state index >= 15 is 0 Å². The minimum atomic E-state index is -0.742. The van der Waals surface area contributed by atoms with Crippen LogP contribution in [0.1, 0.15) is 12.8 Å². The van der Waals surface area contributed by atoms with Gasteiger partial charge in [-0.3, -0.25) is 0 Å². The molecule has 0 amide bonds. The van der Waals surface area contributed by atoms with Gasteiger partial charge in [0, 0.05) is 20.2 Å². The lowest BCUT2D eigenvalue weighted by Gasteiger charge is -2.10. The molecule has 1 atom stereocenters. The first kappa shape index (κ1) is 10.7. The van der Waals surface area contributed by atoms with Crippen LogP contribution in [0.15, 0.2) is 5.10 Å². The molecule has 1 saturated heterocycles. The Balaban J connectivity index is 2.29. The van der Waals surface area contributed by atoms with E-state index in [2.05, 4.69) is 15.7 Å². The average molecular weight is 202 g/mol. The molecule has 0 spiro atoms. The summed E-state index contributed by atoms with van der Waals surface area (Å²) in [6.07, 6.45) is 2.18. The van der Waals surface area contributed by atoms with Crippen LogP contribution < -0.4 is 10.6 Å². The maximum Gasteiger partial charge on any atom is 0.268 e. The number of hydrogen-bond acceptors (Lipinski definition) is 3. The molecule has 1 rings (SSSR count). The second kappa shape index (κ2) is 5.38. The summed E-state index contributed by atoms with van der Waals surface area (Å²) in [5, 5.41) is 17.9. The molecule has 14 heavy (non-hydrogen) atoms.